The van der Waals surface area contributed by atoms with Crippen LogP contribution in [0.1, 0.15) is 30.4 Å². The van der Waals surface area contributed by atoms with Crippen LogP contribution in [-0.2, 0) is 29.9 Å². The van der Waals surface area contributed by atoms with E-state index in [1.807, 2.05) is 0 Å². The molecule has 0 saturated carbocycles. The molecule has 0 aliphatic carbocycles. The van der Waals surface area contributed by atoms with Gasteiger partial charge < -0.3 is 4.74 Å². The molecule has 2 aliphatic heterocycles. The topological polar surface area (TPSA) is 122 Å². The van der Waals surface area contributed by atoms with Crippen LogP contribution >= 0.6 is 0 Å². The number of nitrogens with one attached hydrogen (secondary N) is 1. The highest BCUT2D eigenvalue weighted by molar-refractivity contribution is 7.89. The number of piperidine rings is 1. The molecule has 2 aliphatic rings. The van der Waals surface area contributed by atoms with Crippen molar-refractivity contribution in [3.63, 3.8) is 0 Å². The minimum atomic E-state index is -5.34. The van der Waals surface area contributed by atoms with Crippen LogP contribution < -0.4 is 11.1 Å². The number of carbonyl (C=O) groups excluding carboxylic acids is 2. The zero-order valence-electron chi connectivity index (χ0n) is 22.6. The van der Waals surface area contributed by atoms with Gasteiger partial charge in [0, 0.05) is 20.1 Å². The average molecular weight is 603 g/mol. The molecule has 1 amide bonds. The van der Waals surface area contributed by atoms with E-state index in [9.17, 15) is 31.2 Å². The predicted octanol–water partition coefficient (Wildman–Crippen LogP) is 3.51. The van der Waals surface area contributed by atoms with Gasteiger partial charge >= 0.3 is 18.1 Å². The summed E-state index contributed by atoms with van der Waals surface area (Å²) in [6.45, 7) is 0.953. The second-order valence-corrected chi connectivity index (χ2v) is 12.2. The first-order chi connectivity index (χ1) is 19.8. The molecule has 2 saturated heterocycles. The van der Waals surface area contributed by atoms with Crippen molar-refractivity contribution in [3.8, 4) is 11.1 Å². The highest BCUT2D eigenvalue weighted by atomic mass is 32.2. The van der Waals surface area contributed by atoms with Crippen molar-refractivity contribution in [3.05, 3.63) is 90.0 Å². The van der Waals surface area contributed by atoms with Crippen molar-refractivity contribution in [1.82, 2.24) is 14.5 Å². The van der Waals surface area contributed by atoms with Crippen LogP contribution in [0.5, 0.6) is 0 Å². The van der Waals surface area contributed by atoms with Gasteiger partial charge in [-0.1, -0.05) is 67.1 Å². The van der Waals surface area contributed by atoms with Crippen molar-refractivity contribution in [2.45, 2.75) is 41.8 Å². The number of carbonyl (C=O) groups is 2. The molecule has 0 aromatic heterocycles. The SMILES string of the molecule is CN1C(=O)C(c2ccccc2)(c2cccc(-c3ccc(S(=O)(=O)N4CCCCC4)cc3)c2)NC1(N)OC(=O)C(F)(F)F. The van der Waals surface area contributed by atoms with E-state index in [2.05, 4.69) is 10.1 Å². The Balaban J connectivity index is 1.54. The Morgan fingerprint density at radius 2 is 1.52 bits per heavy atom. The van der Waals surface area contributed by atoms with Gasteiger partial charge in [0.25, 0.3) is 5.91 Å². The zero-order valence-corrected chi connectivity index (χ0v) is 23.4. The number of likely N-dealkylation sites (N-methyl/N-ethyl adjacent to an activating group) is 1. The van der Waals surface area contributed by atoms with Crippen molar-refractivity contribution in [2.24, 2.45) is 5.73 Å². The van der Waals surface area contributed by atoms with E-state index in [4.69, 9.17) is 5.73 Å². The monoisotopic (exact) mass is 602 g/mol. The molecule has 222 valence electrons. The Bertz CT molecular complexity index is 1600. The second-order valence-electron chi connectivity index (χ2n) is 10.3. The Hall–Kier alpha value is -3.78. The number of hydrogen-bond donors (Lipinski definition) is 2. The number of alkyl halides is 3. The van der Waals surface area contributed by atoms with E-state index in [0.29, 0.717) is 35.3 Å². The summed E-state index contributed by atoms with van der Waals surface area (Å²) in [6, 6.07) is 21.2. The molecular weight excluding hydrogens is 573 g/mol. The lowest BCUT2D eigenvalue weighted by molar-refractivity contribution is -0.228. The van der Waals surface area contributed by atoms with E-state index in [0.717, 1.165) is 31.2 Å². The smallest absolute Gasteiger partial charge is 0.404 e. The highest BCUT2D eigenvalue weighted by Gasteiger charge is 2.62. The molecule has 3 aromatic rings. The summed E-state index contributed by atoms with van der Waals surface area (Å²) < 4.78 is 71.5. The van der Waals surface area contributed by atoms with E-state index < -0.39 is 39.6 Å². The number of ether oxygens (including phenoxy) is 1. The third-order valence-corrected chi connectivity index (χ3v) is 9.53. The van der Waals surface area contributed by atoms with Gasteiger partial charge in [0.05, 0.1) is 4.90 Å². The van der Waals surface area contributed by atoms with E-state index in [1.165, 1.54) is 16.4 Å². The molecule has 13 heteroatoms. The van der Waals surface area contributed by atoms with Crippen LogP contribution in [0.2, 0.25) is 0 Å². The molecule has 42 heavy (non-hydrogen) atoms. The number of nitrogens with zero attached hydrogens (tertiary/aromatic N) is 2. The summed E-state index contributed by atoms with van der Waals surface area (Å²) in [5, 5.41) is 2.69. The Morgan fingerprint density at radius 1 is 0.905 bits per heavy atom. The number of hydrogen-bond acceptors (Lipinski definition) is 7. The second kappa shape index (κ2) is 10.8. The van der Waals surface area contributed by atoms with Gasteiger partial charge in [-0.05, 0) is 53.3 Å². The number of nitrogens with two attached hydrogens (primary N) is 1. The third-order valence-electron chi connectivity index (χ3n) is 7.61. The Morgan fingerprint density at radius 3 is 2.14 bits per heavy atom. The average Bonchev–Trinajstić information content (AvgIpc) is 3.19. The molecule has 3 N–H and O–H groups in total. The van der Waals surface area contributed by atoms with Crippen LogP contribution in [0.4, 0.5) is 13.2 Å². The molecule has 9 nitrogen and oxygen atoms in total. The zero-order chi connectivity index (χ0) is 30.3. The maximum Gasteiger partial charge on any atom is 0.491 e. The normalized spacial score (nSPS) is 23.6. The minimum Gasteiger partial charge on any atom is -0.404 e. The van der Waals surface area contributed by atoms with Gasteiger partial charge in [0.1, 0.15) is 0 Å². The highest BCUT2D eigenvalue weighted by Crippen LogP contribution is 2.41. The lowest BCUT2D eigenvalue weighted by Crippen LogP contribution is -2.64. The van der Waals surface area contributed by atoms with Gasteiger partial charge in [0.15, 0.2) is 5.54 Å². The molecule has 2 unspecified atom stereocenters. The first-order valence-electron chi connectivity index (χ1n) is 13.2. The Labute approximate surface area is 241 Å². The number of amides is 1. The van der Waals surface area contributed by atoms with Crippen molar-refractivity contribution in [2.75, 3.05) is 20.1 Å². The van der Waals surface area contributed by atoms with Gasteiger partial charge in [-0.2, -0.15) is 17.5 Å². The molecule has 3 aromatic carbocycles. The fraction of sp³-hybridized carbons (Fsp3) is 0.310. The summed E-state index contributed by atoms with van der Waals surface area (Å²) in [7, 11) is -2.50. The van der Waals surface area contributed by atoms with E-state index in [-0.39, 0.29) is 4.90 Å². The summed E-state index contributed by atoms with van der Waals surface area (Å²) in [4.78, 5) is 26.5. The molecule has 0 bridgehead atoms. The molecule has 2 heterocycles. The number of benzene rings is 3. The minimum absolute atomic E-state index is 0.165. The van der Waals surface area contributed by atoms with Crippen LogP contribution in [0.15, 0.2) is 83.8 Å². The van der Waals surface area contributed by atoms with Crippen molar-refractivity contribution >= 4 is 21.9 Å². The molecule has 2 atom stereocenters. The quantitative estimate of drug-likeness (QED) is 0.327. The first kappa shape index (κ1) is 29.7. The predicted molar refractivity (Wildman–Crippen MR) is 147 cm³/mol. The van der Waals surface area contributed by atoms with Crippen molar-refractivity contribution in [1.29, 1.82) is 0 Å². The van der Waals surface area contributed by atoms with Gasteiger partial charge in [-0.3, -0.25) is 15.4 Å². The molecular formula is C29H29F3N4O5S. The third kappa shape index (κ3) is 5.17. The Kier molecular flexibility index (Phi) is 7.64. The first-order valence-corrected chi connectivity index (χ1v) is 14.7. The van der Waals surface area contributed by atoms with Crippen LogP contribution in [0.3, 0.4) is 0 Å². The van der Waals surface area contributed by atoms with E-state index >= 15 is 0 Å². The molecule has 0 spiro atoms. The molecule has 5 rings (SSSR count). The van der Waals surface area contributed by atoms with Crippen molar-refractivity contribution < 1.29 is 35.9 Å². The van der Waals surface area contributed by atoms with Gasteiger partial charge in [0.2, 0.25) is 10.0 Å². The van der Waals surface area contributed by atoms with E-state index in [1.54, 1.807) is 66.7 Å². The molecule has 0 radical (unpaired) electrons. The maximum absolute atomic E-state index is 13.9. The molecule has 2 fully saturated rings. The lowest BCUT2D eigenvalue weighted by Gasteiger charge is -2.32. The largest absolute Gasteiger partial charge is 0.491 e. The fourth-order valence-electron chi connectivity index (χ4n) is 5.35. The number of esters is 1. The summed E-state index contributed by atoms with van der Waals surface area (Å²) in [5.74, 6) is -5.94. The lowest BCUT2D eigenvalue weighted by atomic mass is 9.81. The van der Waals surface area contributed by atoms with Gasteiger partial charge in [-0.25, -0.2) is 18.5 Å². The van der Waals surface area contributed by atoms with Crippen LogP contribution in [-0.4, -0.2) is 61.8 Å². The number of halogens is 3. The summed E-state index contributed by atoms with van der Waals surface area (Å²) in [5.41, 5.74) is 6.16. The summed E-state index contributed by atoms with van der Waals surface area (Å²) in [6.07, 6.45) is -2.72. The number of sulfonamides is 1. The summed E-state index contributed by atoms with van der Waals surface area (Å²) >= 11 is 0. The maximum atomic E-state index is 13.9. The number of rotatable bonds is 6. The van der Waals surface area contributed by atoms with Crippen LogP contribution in [0.25, 0.3) is 11.1 Å². The fourth-order valence-corrected chi connectivity index (χ4v) is 6.87. The van der Waals surface area contributed by atoms with Crippen LogP contribution in [0, 0.1) is 0 Å². The van der Waals surface area contributed by atoms with Gasteiger partial charge in [-0.15, -0.1) is 0 Å². The standard InChI is InChI=1S/C29H29F3N4O5S/c1-35-25(37)27(22-10-4-2-5-11-22,34-29(35,33)41-26(38)28(30,31)32)23-12-8-9-21(19-23)20-13-15-24(16-14-20)42(39,40)36-17-6-3-7-18-36/h2,4-5,8-16,19,34H,3,6-7,17-18,33H2,1H3.